The van der Waals surface area contributed by atoms with Gasteiger partial charge in [0.05, 0.1) is 11.4 Å². The molecular weight excluding hydrogens is 326 g/mol. The van der Waals surface area contributed by atoms with Crippen molar-refractivity contribution in [3.63, 3.8) is 0 Å². The van der Waals surface area contributed by atoms with E-state index in [1.165, 1.54) is 12.8 Å². The molecule has 0 aliphatic carbocycles. The standard InChI is InChI=1S/C16H27N5O2S/c1-4-24(22,23)21-11-7-13-14(8-12-21)17-16(18-15(13)19(2)3)20-9-5-6-10-20/h4-12H2,1-3H3. The Balaban J connectivity index is 1.95. The van der Waals surface area contributed by atoms with Crippen molar-refractivity contribution in [2.75, 3.05) is 55.8 Å². The number of aromatic nitrogens is 2. The first-order valence-corrected chi connectivity index (χ1v) is 10.3. The molecule has 3 rings (SSSR count). The molecule has 0 unspecified atom stereocenters. The fourth-order valence-electron chi connectivity index (χ4n) is 3.44. The summed E-state index contributed by atoms with van der Waals surface area (Å²) in [5.41, 5.74) is 2.10. The van der Waals surface area contributed by atoms with Crippen molar-refractivity contribution in [1.82, 2.24) is 14.3 Å². The lowest BCUT2D eigenvalue weighted by molar-refractivity contribution is 0.427. The van der Waals surface area contributed by atoms with Gasteiger partial charge in [0.1, 0.15) is 5.82 Å². The molecule has 3 heterocycles. The number of rotatable bonds is 4. The highest BCUT2D eigenvalue weighted by Gasteiger charge is 2.27. The molecule has 24 heavy (non-hydrogen) atoms. The van der Waals surface area contributed by atoms with Crippen molar-refractivity contribution in [3.8, 4) is 0 Å². The Morgan fingerprint density at radius 2 is 1.71 bits per heavy atom. The van der Waals surface area contributed by atoms with Crippen LogP contribution in [0.5, 0.6) is 0 Å². The molecule has 0 radical (unpaired) electrons. The fourth-order valence-corrected chi connectivity index (χ4v) is 4.54. The molecule has 8 heteroatoms. The van der Waals surface area contributed by atoms with E-state index < -0.39 is 10.0 Å². The van der Waals surface area contributed by atoms with Gasteiger partial charge in [-0.1, -0.05) is 0 Å². The lowest BCUT2D eigenvalue weighted by Crippen LogP contribution is -2.34. The zero-order chi connectivity index (χ0) is 17.3. The Labute approximate surface area is 144 Å². The quantitative estimate of drug-likeness (QED) is 0.801. The summed E-state index contributed by atoms with van der Waals surface area (Å²) >= 11 is 0. The van der Waals surface area contributed by atoms with Crippen molar-refractivity contribution in [1.29, 1.82) is 0 Å². The highest BCUT2D eigenvalue weighted by molar-refractivity contribution is 7.89. The minimum absolute atomic E-state index is 0.147. The molecule has 0 saturated carbocycles. The average molecular weight is 353 g/mol. The van der Waals surface area contributed by atoms with E-state index in [2.05, 4.69) is 4.90 Å². The van der Waals surface area contributed by atoms with Gasteiger partial charge in [-0.15, -0.1) is 0 Å². The van der Waals surface area contributed by atoms with Gasteiger partial charge in [0.2, 0.25) is 16.0 Å². The van der Waals surface area contributed by atoms with E-state index >= 15 is 0 Å². The number of sulfonamides is 1. The third kappa shape index (κ3) is 3.35. The zero-order valence-electron chi connectivity index (χ0n) is 14.8. The van der Waals surface area contributed by atoms with Crippen LogP contribution in [0.1, 0.15) is 31.0 Å². The van der Waals surface area contributed by atoms with Crippen LogP contribution < -0.4 is 9.80 Å². The summed E-state index contributed by atoms with van der Waals surface area (Å²) in [7, 11) is 0.816. The van der Waals surface area contributed by atoms with Crippen LogP contribution in [0.4, 0.5) is 11.8 Å². The molecule has 1 saturated heterocycles. The van der Waals surface area contributed by atoms with Gasteiger partial charge in [0, 0.05) is 52.3 Å². The van der Waals surface area contributed by atoms with Crippen LogP contribution in [0.2, 0.25) is 0 Å². The monoisotopic (exact) mass is 353 g/mol. The summed E-state index contributed by atoms with van der Waals surface area (Å²) in [6, 6.07) is 0. The highest BCUT2D eigenvalue weighted by atomic mass is 32.2. The number of hydrogen-bond acceptors (Lipinski definition) is 6. The summed E-state index contributed by atoms with van der Waals surface area (Å²) in [6.45, 7) is 4.72. The van der Waals surface area contributed by atoms with E-state index in [0.717, 1.165) is 36.1 Å². The third-order valence-corrected chi connectivity index (χ3v) is 6.72. The number of fused-ring (bicyclic) bond motifs is 1. The molecule has 1 fully saturated rings. The Morgan fingerprint density at radius 1 is 1.04 bits per heavy atom. The van der Waals surface area contributed by atoms with E-state index in [1.54, 1.807) is 11.2 Å². The second-order valence-electron chi connectivity index (χ2n) is 6.66. The van der Waals surface area contributed by atoms with Gasteiger partial charge < -0.3 is 9.80 Å². The molecule has 134 valence electrons. The van der Waals surface area contributed by atoms with Crippen LogP contribution >= 0.6 is 0 Å². The maximum atomic E-state index is 12.2. The molecular formula is C16H27N5O2S. The lowest BCUT2D eigenvalue weighted by Gasteiger charge is -2.22. The smallest absolute Gasteiger partial charge is 0.227 e. The van der Waals surface area contributed by atoms with Gasteiger partial charge in [-0.2, -0.15) is 4.98 Å². The first kappa shape index (κ1) is 17.4. The normalized spacial score (nSPS) is 19.2. The Kier molecular flexibility index (Phi) is 4.96. The first-order chi connectivity index (χ1) is 11.4. The molecule has 0 bridgehead atoms. The van der Waals surface area contributed by atoms with Crippen LogP contribution in [0.15, 0.2) is 0 Å². The third-order valence-electron chi connectivity index (χ3n) is 4.84. The van der Waals surface area contributed by atoms with Gasteiger partial charge in [0.25, 0.3) is 0 Å². The predicted molar refractivity (Wildman–Crippen MR) is 96.2 cm³/mol. The fraction of sp³-hybridized carbons (Fsp3) is 0.750. The summed E-state index contributed by atoms with van der Waals surface area (Å²) in [6.07, 6.45) is 3.68. The largest absolute Gasteiger partial charge is 0.362 e. The van der Waals surface area contributed by atoms with Gasteiger partial charge in [0.15, 0.2) is 0 Å². The molecule has 0 atom stereocenters. The number of anilines is 2. The summed E-state index contributed by atoms with van der Waals surface area (Å²) in [5, 5.41) is 0. The maximum Gasteiger partial charge on any atom is 0.227 e. The van der Waals surface area contributed by atoms with Crippen molar-refractivity contribution >= 4 is 21.8 Å². The predicted octanol–water partition coefficient (Wildman–Crippen LogP) is 0.893. The molecule has 2 aliphatic rings. The van der Waals surface area contributed by atoms with Crippen LogP contribution in [-0.4, -0.2) is 68.7 Å². The lowest BCUT2D eigenvalue weighted by atomic mass is 10.1. The molecule has 0 N–H and O–H groups in total. The first-order valence-electron chi connectivity index (χ1n) is 8.72. The van der Waals surface area contributed by atoms with E-state index in [0.29, 0.717) is 25.9 Å². The van der Waals surface area contributed by atoms with Crippen LogP contribution in [0, 0.1) is 0 Å². The Hall–Kier alpha value is -1.41. The van der Waals surface area contributed by atoms with Gasteiger partial charge in [-0.3, -0.25) is 0 Å². The molecule has 7 nitrogen and oxygen atoms in total. The summed E-state index contributed by atoms with van der Waals surface area (Å²) in [4.78, 5) is 13.8. The van der Waals surface area contributed by atoms with Crippen molar-refractivity contribution in [2.45, 2.75) is 32.6 Å². The second-order valence-corrected chi connectivity index (χ2v) is 8.92. The van der Waals surface area contributed by atoms with E-state index in [9.17, 15) is 8.42 Å². The number of nitrogens with zero attached hydrogens (tertiary/aromatic N) is 5. The minimum atomic E-state index is -3.16. The van der Waals surface area contributed by atoms with Gasteiger partial charge >= 0.3 is 0 Å². The molecule has 1 aromatic rings. The van der Waals surface area contributed by atoms with Gasteiger partial charge in [-0.05, 0) is 26.2 Å². The van der Waals surface area contributed by atoms with Crippen LogP contribution in [0.3, 0.4) is 0 Å². The second kappa shape index (κ2) is 6.84. The number of hydrogen-bond donors (Lipinski definition) is 0. The molecule has 2 aliphatic heterocycles. The topological polar surface area (TPSA) is 69.6 Å². The van der Waals surface area contributed by atoms with Crippen molar-refractivity contribution in [2.24, 2.45) is 0 Å². The summed E-state index contributed by atoms with van der Waals surface area (Å²) in [5.74, 6) is 1.87. The zero-order valence-corrected chi connectivity index (χ0v) is 15.6. The highest BCUT2D eigenvalue weighted by Crippen LogP contribution is 2.28. The SMILES string of the molecule is CCS(=O)(=O)N1CCc2nc(N3CCCC3)nc(N(C)C)c2CC1. The van der Waals surface area contributed by atoms with Crippen molar-refractivity contribution < 1.29 is 8.42 Å². The van der Waals surface area contributed by atoms with E-state index in [-0.39, 0.29) is 5.75 Å². The Morgan fingerprint density at radius 3 is 2.33 bits per heavy atom. The van der Waals surface area contributed by atoms with Crippen LogP contribution in [-0.2, 0) is 22.9 Å². The molecule has 1 aromatic heterocycles. The maximum absolute atomic E-state index is 12.2. The minimum Gasteiger partial charge on any atom is -0.362 e. The molecule has 0 amide bonds. The summed E-state index contributed by atoms with van der Waals surface area (Å²) < 4.78 is 26.0. The van der Waals surface area contributed by atoms with E-state index in [4.69, 9.17) is 9.97 Å². The average Bonchev–Trinajstić information content (AvgIpc) is 3.00. The Bertz CT molecular complexity index is 699. The van der Waals surface area contributed by atoms with E-state index in [1.807, 2.05) is 19.0 Å². The van der Waals surface area contributed by atoms with Crippen LogP contribution in [0.25, 0.3) is 0 Å². The van der Waals surface area contributed by atoms with Gasteiger partial charge in [-0.25, -0.2) is 17.7 Å². The molecule has 0 spiro atoms. The van der Waals surface area contributed by atoms with Crippen molar-refractivity contribution in [3.05, 3.63) is 11.3 Å². The molecule has 0 aromatic carbocycles.